The molecule has 1 unspecified atom stereocenters. The quantitative estimate of drug-likeness (QED) is 0.576. The first-order valence-corrected chi connectivity index (χ1v) is 4.65. The summed E-state index contributed by atoms with van der Waals surface area (Å²) < 4.78 is 0. The second kappa shape index (κ2) is 4.26. The third-order valence-corrected chi connectivity index (χ3v) is 2.26. The Morgan fingerprint density at radius 2 is 2.09 bits per heavy atom. The lowest BCUT2D eigenvalue weighted by atomic mass is 10.1. The lowest BCUT2D eigenvalue weighted by molar-refractivity contribution is -0.121. The molecule has 1 atom stereocenters. The standard InChI is InChI=1S/C7H15NOS2/c1-5(11)6(9)8-7(2,3)4-10/h5,10-11H,4H2,1-3H3,(H,8,9). The fourth-order valence-corrected chi connectivity index (χ4v) is 0.621. The summed E-state index contributed by atoms with van der Waals surface area (Å²) in [6.45, 7) is 5.59. The van der Waals surface area contributed by atoms with Crippen LogP contribution in [-0.4, -0.2) is 22.4 Å². The second-order valence-corrected chi connectivity index (χ2v) is 4.30. The van der Waals surface area contributed by atoms with Crippen LogP contribution in [0.25, 0.3) is 0 Å². The minimum Gasteiger partial charge on any atom is -0.349 e. The SMILES string of the molecule is CC(S)C(=O)NC(C)(C)CS. The summed E-state index contributed by atoms with van der Waals surface area (Å²) in [6, 6.07) is 0. The first-order valence-electron chi connectivity index (χ1n) is 3.50. The fourth-order valence-electron chi connectivity index (χ4n) is 0.477. The van der Waals surface area contributed by atoms with Crippen LogP contribution in [0.5, 0.6) is 0 Å². The maximum atomic E-state index is 11.1. The summed E-state index contributed by atoms with van der Waals surface area (Å²) in [7, 11) is 0. The Balaban J connectivity index is 3.94. The van der Waals surface area contributed by atoms with E-state index in [1.54, 1.807) is 6.92 Å². The second-order valence-electron chi connectivity index (χ2n) is 3.21. The van der Waals surface area contributed by atoms with Crippen LogP contribution in [0.1, 0.15) is 20.8 Å². The molecule has 0 aromatic heterocycles. The van der Waals surface area contributed by atoms with E-state index in [1.807, 2.05) is 13.8 Å². The smallest absolute Gasteiger partial charge is 0.233 e. The number of carbonyl (C=O) groups is 1. The number of nitrogens with one attached hydrogen (secondary N) is 1. The highest BCUT2D eigenvalue weighted by Crippen LogP contribution is 2.05. The molecule has 1 amide bonds. The van der Waals surface area contributed by atoms with Crippen molar-refractivity contribution < 1.29 is 4.79 Å². The summed E-state index contributed by atoms with van der Waals surface area (Å²) in [5.74, 6) is 0.576. The molecule has 1 N–H and O–H groups in total. The Morgan fingerprint density at radius 1 is 1.64 bits per heavy atom. The average molecular weight is 193 g/mol. The number of hydrogen-bond donors (Lipinski definition) is 3. The van der Waals surface area contributed by atoms with Crippen LogP contribution in [0.4, 0.5) is 0 Å². The van der Waals surface area contributed by atoms with E-state index in [0.29, 0.717) is 5.75 Å². The predicted molar refractivity (Wildman–Crippen MR) is 54.5 cm³/mol. The molecule has 0 radical (unpaired) electrons. The zero-order valence-electron chi connectivity index (χ0n) is 7.09. The third-order valence-electron chi connectivity index (χ3n) is 1.24. The van der Waals surface area contributed by atoms with Crippen LogP contribution >= 0.6 is 25.3 Å². The molecule has 0 aliphatic carbocycles. The summed E-state index contributed by atoms with van der Waals surface area (Å²) in [5, 5.41) is 2.56. The first-order chi connectivity index (χ1) is 4.89. The molecule has 0 aromatic rings. The molecular formula is C7H15NOS2. The number of thiol groups is 2. The third kappa shape index (κ3) is 4.58. The van der Waals surface area contributed by atoms with E-state index in [4.69, 9.17) is 0 Å². The summed E-state index contributed by atoms with van der Waals surface area (Å²) in [4.78, 5) is 11.1. The van der Waals surface area contributed by atoms with Crippen molar-refractivity contribution >= 4 is 31.2 Å². The monoisotopic (exact) mass is 193 g/mol. The maximum Gasteiger partial charge on any atom is 0.233 e. The lowest BCUT2D eigenvalue weighted by Crippen LogP contribution is -2.47. The number of carbonyl (C=O) groups excluding carboxylic acids is 1. The molecule has 0 aromatic carbocycles. The van der Waals surface area contributed by atoms with Crippen molar-refractivity contribution in [1.29, 1.82) is 0 Å². The summed E-state index contributed by atoms with van der Waals surface area (Å²) in [5.41, 5.74) is -0.239. The van der Waals surface area contributed by atoms with Gasteiger partial charge in [0.15, 0.2) is 0 Å². The topological polar surface area (TPSA) is 29.1 Å². The molecule has 0 saturated heterocycles. The van der Waals surface area contributed by atoms with Crippen molar-refractivity contribution in [2.75, 3.05) is 5.75 Å². The van der Waals surface area contributed by atoms with Gasteiger partial charge in [-0.3, -0.25) is 4.79 Å². The van der Waals surface area contributed by atoms with E-state index in [1.165, 1.54) is 0 Å². The van der Waals surface area contributed by atoms with Gasteiger partial charge in [0.05, 0.1) is 5.25 Å². The number of rotatable bonds is 3. The van der Waals surface area contributed by atoms with Crippen LogP contribution in [0.2, 0.25) is 0 Å². The van der Waals surface area contributed by atoms with E-state index in [9.17, 15) is 4.79 Å². The minimum atomic E-state index is -0.255. The molecule has 0 heterocycles. The van der Waals surface area contributed by atoms with Crippen molar-refractivity contribution in [1.82, 2.24) is 5.32 Å². The highest BCUT2D eigenvalue weighted by Gasteiger charge is 2.19. The van der Waals surface area contributed by atoms with E-state index in [2.05, 4.69) is 30.6 Å². The largest absolute Gasteiger partial charge is 0.349 e. The van der Waals surface area contributed by atoms with Gasteiger partial charge in [-0.25, -0.2) is 0 Å². The Morgan fingerprint density at radius 3 is 2.36 bits per heavy atom. The van der Waals surface area contributed by atoms with Crippen LogP contribution in [0.3, 0.4) is 0 Å². The van der Waals surface area contributed by atoms with Gasteiger partial charge in [0.25, 0.3) is 0 Å². The summed E-state index contributed by atoms with van der Waals surface area (Å²) in [6.07, 6.45) is 0. The highest BCUT2D eigenvalue weighted by atomic mass is 32.1. The molecule has 66 valence electrons. The first kappa shape index (κ1) is 11.2. The Hall–Kier alpha value is 0.170. The van der Waals surface area contributed by atoms with Crippen LogP contribution < -0.4 is 5.32 Å². The zero-order chi connectivity index (χ0) is 9.07. The average Bonchev–Trinajstić information content (AvgIpc) is 1.87. The normalized spacial score (nSPS) is 14.3. The number of amides is 1. The molecular weight excluding hydrogens is 178 g/mol. The van der Waals surface area contributed by atoms with Crippen LogP contribution in [-0.2, 0) is 4.79 Å². The van der Waals surface area contributed by atoms with E-state index < -0.39 is 0 Å². The maximum absolute atomic E-state index is 11.1. The molecule has 0 aliphatic rings. The molecule has 0 rings (SSSR count). The van der Waals surface area contributed by atoms with Gasteiger partial charge >= 0.3 is 0 Å². The molecule has 0 fully saturated rings. The molecule has 0 aliphatic heterocycles. The van der Waals surface area contributed by atoms with Gasteiger partial charge < -0.3 is 5.32 Å². The molecule has 11 heavy (non-hydrogen) atoms. The van der Waals surface area contributed by atoms with E-state index in [-0.39, 0.29) is 16.7 Å². The fraction of sp³-hybridized carbons (Fsp3) is 0.857. The molecule has 0 bridgehead atoms. The van der Waals surface area contributed by atoms with Crippen LogP contribution in [0.15, 0.2) is 0 Å². The Kier molecular flexibility index (Phi) is 4.32. The van der Waals surface area contributed by atoms with Gasteiger partial charge in [-0.05, 0) is 20.8 Å². The van der Waals surface area contributed by atoms with Crippen molar-refractivity contribution in [2.24, 2.45) is 0 Å². The van der Waals surface area contributed by atoms with Crippen molar-refractivity contribution in [3.05, 3.63) is 0 Å². The van der Waals surface area contributed by atoms with E-state index >= 15 is 0 Å². The van der Waals surface area contributed by atoms with E-state index in [0.717, 1.165) is 0 Å². The van der Waals surface area contributed by atoms with Crippen molar-refractivity contribution in [3.63, 3.8) is 0 Å². The molecule has 0 saturated carbocycles. The highest BCUT2D eigenvalue weighted by molar-refractivity contribution is 7.81. The van der Waals surface area contributed by atoms with Gasteiger partial charge in [0.2, 0.25) is 5.91 Å². The van der Waals surface area contributed by atoms with Gasteiger partial charge in [0, 0.05) is 11.3 Å². The van der Waals surface area contributed by atoms with Crippen LogP contribution in [0, 0.1) is 0 Å². The number of hydrogen-bond acceptors (Lipinski definition) is 3. The van der Waals surface area contributed by atoms with Crippen molar-refractivity contribution in [2.45, 2.75) is 31.6 Å². The Labute approximate surface area is 79.0 Å². The van der Waals surface area contributed by atoms with Gasteiger partial charge in [-0.2, -0.15) is 25.3 Å². The van der Waals surface area contributed by atoms with Gasteiger partial charge in [-0.15, -0.1) is 0 Å². The van der Waals surface area contributed by atoms with Gasteiger partial charge in [0.1, 0.15) is 0 Å². The zero-order valence-corrected chi connectivity index (χ0v) is 8.88. The van der Waals surface area contributed by atoms with Gasteiger partial charge in [-0.1, -0.05) is 0 Å². The minimum absolute atomic E-state index is 0.0487. The predicted octanol–water partition coefficient (Wildman–Crippen LogP) is 1.13. The molecule has 0 spiro atoms. The Bertz CT molecular complexity index is 145. The summed E-state index contributed by atoms with van der Waals surface area (Å²) >= 11 is 8.11. The lowest BCUT2D eigenvalue weighted by Gasteiger charge is -2.24. The molecule has 2 nitrogen and oxygen atoms in total. The molecule has 4 heteroatoms. The van der Waals surface area contributed by atoms with Crippen molar-refractivity contribution in [3.8, 4) is 0 Å².